The van der Waals surface area contributed by atoms with E-state index in [2.05, 4.69) is 36.6 Å². The Labute approximate surface area is 136 Å². The van der Waals surface area contributed by atoms with E-state index in [0.29, 0.717) is 16.1 Å². The first-order valence-corrected chi connectivity index (χ1v) is 7.82. The molecule has 0 amide bonds. The second-order valence-corrected chi connectivity index (χ2v) is 5.77. The number of anilines is 2. The Kier molecular flexibility index (Phi) is 5.59. The highest BCUT2D eigenvalue weighted by molar-refractivity contribution is 7.80. The van der Waals surface area contributed by atoms with Crippen LogP contribution in [0.3, 0.4) is 0 Å². The summed E-state index contributed by atoms with van der Waals surface area (Å²) in [6, 6.07) is 15.8. The van der Waals surface area contributed by atoms with Gasteiger partial charge in [-0.25, -0.2) is 0 Å². The monoisotopic (exact) mass is 318 g/mol. The summed E-state index contributed by atoms with van der Waals surface area (Å²) in [6.45, 7) is 4.40. The molecule has 0 saturated heterocycles. The highest BCUT2D eigenvalue weighted by atomic mass is 35.5. The Balaban J connectivity index is 2.12. The molecule has 0 saturated carbocycles. The zero-order valence-corrected chi connectivity index (χ0v) is 13.8. The molecule has 2 N–H and O–H groups in total. The van der Waals surface area contributed by atoms with Gasteiger partial charge in [0.25, 0.3) is 0 Å². The van der Waals surface area contributed by atoms with Gasteiger partial charge in [0, 0.05) is 5.69 Å². The van der Waals surface area contributed by atoms with Gasteiger partial charge in [-0.3, -0.25) is 0 Å². The van der Waals surface area contributed by atoms with Crippen molar-refractivity contribution in [3.63, 3.8) is 0 Å². The molecule has 0 aromatic heterocycles. The van der Waals surface area contributed by atoms with Crippen molar-refractivity contribution in [3.05, 3.63) is 59.1 Å². The third-order valence-electron chi connectivity index (χ3n) is 3.47. The predicted octanol–water partition coefficient (Wildman–Crippen LogP) is 5.66. The van der Waals surface area contributed by atoms with E-state index < -0.39 is 0 Å². The van der Waals surface area contributed by atoms with Crippen LogP contribution in [0.4, 0.5) is 11.4 Å². The number of para-hydroxylation sites is 2. The van der Waals surface area contributed by atoms with Gasteiger partial charge >= 0.3 is 0 Å². The highest BCUT2D eigenvalue weighted by Gasteiger charge is 2.10. The van der Waals surface area contributed by atoms with Crippen molar-refractivity contribution in [1.82, 2.24) is 0 Å². The van der Waals surface area contributed by atoms with Crippen molar-refractivity contribution in [2.24, 2.45) is 0 Å². The average Bonchev–Trinajstić information content (AvgIpc) is 2.49. The topological polar surface area (TPSA) is 24.1 Å². The van der Waals surface area contributed by atoms with Gasteiger partial charge in [0.15, 0.2) is 5.11 Å². The van der Waals surface area contributed by atoms with Gasteiger partial charge in [0.2, 0.25) is 0 Å². The van der Waals surface area contributed by atoms with E-state index in [-0.39, 0.29) is 0 Å². The largest absolute Gasteiger partial charge is 0.332 e. The van der Waals surface area contributed by atoms with Crippen LogP contribution in [0.2, 0.25) is 5.02 Å². The van der Waals surface area contributed by atoms with Crippen molar-refractivity contribution in [2.45, 2.75) is 26.2 Å². The van der Waals surface area contributed by atoms with Gasteiger partial charge in [-0.15, -0.1) is 0 Å². The Morgan fingerprint density at radius 1 is 1.05 bits per heavy atom. The Hall–Kier alpha value is -1.58. The van der Waals surface area contributed by atoms with Gasteiger partial charge in [-0.2, -0.15) is 0 Å². The number of hydrogen-bond donors (Lipinski definition) is 2. The van der Waals surface area contributed by atoms with Crippen molar-refractivity contribution in [2.75, 3.05) is 10.6 Å². The van der Waals surface area contributed by atoms with E-state index in [9.17, 15) is 0 Å². The normalized spacial score (nSPS) is 11.8. The molecule has 1 unspecified atom stereocenters. The van der Waals surface area contributed by atoms with Gasteiger partial charge in [0.05, 0.1) is 10.7 Å². The number of halogens is 1. The van der Waals surface area contributed by atoms with Crippen LogP contribution >= 0.6 is 23.8 Å². The van der Waals surface area contributed by atoms with E-state index in [4.69, 9.17) is 23.8 Å². The summed E-state index contributed by atoms with van der Waals surface area (Å²) in [6.07, 6.45) is 1.09. The Morgan fingerprint density at radius 2 is 1.62 bits per heavy atom. The Morgan fingerprint density at radius 3 is 2.29 bits per heavy atom. The maximum Gasteiger partial charge on any atom is 0.175 e. The first-order valence-electron chi connectivity index (χ1n) is 7.03. The molecular formula is C17H19ClN2S. The molecule has 2 nitrogen and oxygen atoms in total. The zero-order chi connectivity index (χ0) is 15.2. The van der Waals surface area contributed by atoms with E-state index in [1.54, 1.807) is 0 Å². The molecule has 110 valence electrons. The number of benzene rings is 2. The van der Waals surface area contributed by atoms with Crippen molar-refractivity contribution < 1.29 is 0 Å². The van der Waals surface area contributed by atoms with E-state index >= 15 is 0 Å². The third kappa shape index (κ3) is 4.19. The van der Waals surface area contributed by atoms with E-state index in [1.807, 2.05) is 36.4 Å². The fourth-order valence-electron chi connectivity index (χ4n) is 2.10. The molecule has 0 fully saturated rings. The van der Waals surface area contributed by atoms with Crippen LogP contribution in [0, 0.1) is 0 Å². The molecule has 0 bridgehead atoms. The second-order valence-electron chi connectivity index (χ2n) is 4.96. The lowest BCUT2D eigenvalue weighted by molar-refractivity contribution is 0.736. The maximum absolute atomic E-state index is 6.13. The maximum atomic E-state index is 6.13. The summed E-state index contributed by atoms with van der Waals surface area (Å²) in [7, 11) is 0. The van der Waals surface area contributed by atoms with Gasteiger partial charge in [0.1, 0.15) is 0 Å². The number of hydrogen-bond acceptors (Lipinski definition) is 1. The van der Waals surface area contributed by atoms with Crippen molar-refractivity contribution in [1.29, 1.82) is 0 Å². The van der Waals surface area contributed by atoms with Gasteiger partial charge in [-0.1, -0.05) is 55.8 Å². The average molecular weight is 319 g/mol. The van der Waals surface area contributed by atoms with Gasteiger partial charge < -0.3 is 10.6 Å². The molecule has 0 aliphatic rings. The van der Waals surface area contributed by atoms with Crippen LogP contribution in [0.1, 0.15) is 31.7 Å². The van der Waals surface area contributed by atoms with Crippen molar-refractivity contribution >= 4 is 40.3 Å². The summed E-state index contributed by atoms with van der Waals surface area (Å²) in [5, 5.41) is 7.58. The second kappa shape index (κ2) is 7.43. The minimum Gasteiger partial charge on any atom is -0.332 e. The Bertz CT molecular complexity index is 628. The van der Waals surface area contributed by atoms with Crippen LogP contribution < -0.4 is 10.6 Å². The van der Waals surface area contributed by atoms with Crippen LogP contribution in [0.25, 0.3) is 0 Å². The molecule has 0 aliphatic carbocycles. The van der Waals surface area contributed by atoms with E-state index in [1.165, 1.54) is 5.56 Å². The van der Waals surface area contributed by atoms with Crippen LogP contribution in [0.15, 0.2) is 48.5 Å². The lowest BCUT2D eigenvalue weighted by Gasteiger charge is -2.17. The lowest BCUT2D eigenvalue weighted by atomic mass is 9.97. The molecule has 0 radical (unpaired) electrons. The molecule has 21 heavy (non-hydrogen) atoms. The fourth-order valence-corrected chi connectivity index (χ4v) is 2.50. The first kappa shape index (κ1) is 15.8. The number of nitrogens with one attached hydrogen (secondary N) is 2. The summed E-state index contributed by atoms with van der Waals surface area (Å²) >= 11 is 11.5. The molecule has 2 aromatic rings. The fraction of sp³-hybridized carbons (Fsp3) is 0.235. The minimum absolute atomic E-state index is 0.483. The molecule has 0 aliphatic heterocycles. The number of thiocarbonyl (C=S) groups is 1. The number of rotatable bonds is 4. The summed E-state index contributed by atoms with van der Waals surface area (Å²) in [5.74, 6) is 0.483. The van der Waals surface area contributed by atoms with E-state index in [0.717, 1.165) is 17.8 Å². The quantitative estimate of drug-likeness (QED) is 0.711. The lowest BCUT2D eigenvalue weighted by Crippen LogP contribution is -2.20. The molecule has 0 spiro atoms. The van der Waals surface area contributed by atoms with Crippen molar-refractivity contribution in [3.8, 4) is 0 Å². The van der Waals surface area contributed by atoms with Crippen LogP contribution in [-0.4, -0.2) is 5.11 Å². The molecule has 1 atom stereocenters. The van der Waals surface area contributed by atoms with Crippen LogP contribution in [0.5, 0.6) is 0 Å². The van der Waals surface area contributed by atoms with Gasteiger partial charge in [-0.05, 0) is 48.3 Å². The predicted molar refractivity (Wildman–Crippen MR) is 96.4 cm³/mol. The standard InChI is InChI=1S/C17H19ClN2S/c1-3-12(2)13-8-4-6-10-15(13)19-17(21)20-16-11-7-5-9-14(16)18/h4-12H,3H2,1-2H3,(H2,19,20,21). The third-order valence-corrected chi connectivity index (χ3v) is 4.01. The first-order chi connectivity index (χ1) is 10.1. The smallest absolute Gasteiger partial charge is 0.175 e. The molecule has 0 heterocycles. The SMILES string of the molecule is CCC(C)c1ccccc1NC(=S)Nc1ccccc1Cl. The molecule has 4 heteroatoms. The molecular weight excluding hydrogens is 300 g/mol. The summed E-state index contributed by atoms with van der Waals surface area (Å²) in [4.78, 5) is 0. The molecule has 2 aromatic carbocycles. The highest BCUT2D eigenvalue weighted by Crippen LogP contribution is 2.27. The summed E-state index contributed by atoms with van der Waals surface area (Å²) < 4.78 is 0. The van der Waals surface area contributed by atoms with Crippen LogP contribution in [-0.2, 0) is 0 Å². The zero-order valence-electron chi connectivity index (χ0n) is 12.2. The minimum atomic E-state index is 0.483. The molecule has 2 rings (SSSR count). The summed E-state index contributed by atoms with van der Waals surface area (Å²) in [5.41, 5.74) is 3.11.